The second-order valence-corrected chi connectivity index (χ2v) is 5.83. The minimum atomic E-state index is 0.115. The molecular formula is C15H19ClN4S. The largest absolute Gasteiger partial charge is 0.359 e. The molecule has 0 radical (unpaired) electrons. The van der Waals surface area contributed by atoms with Gasteiger partial charge in [-0.3, -0.25) is 4.68 Å². The van der Waals surface area contributed by atoms with Crippen molar-refractivity contribution in [2.45, 2.75) is 26.4 Å². The van der Waals surface area contributed by atoms with E-state index < -0.39 is 0 Å². The van der Waals surface area contributed by atoms with Crippen molar-refractivity contribution >= 4 is 28.9 Å². The fraction of sp³-hybridized carbons (Fsp3) is 0.333. The van der Waals surface area contributed by atoms with Gasteiger partial charge in [0.15, 0.2) is 5.11 Å². The van der Waals surface area contributed by atoms with Crippen molar-refractivity contribution in [2.24, 2.45) is 7.05 Å². The molecule has 2 rings (SSSR count). The third kappa shape index (κ3) is 4.19. The molecule has 0 amide bonds. The predicted molar refractivity (Wildman–Crippen MR) is 90.4 cm³/mol. The van der Waals surface area contributed by atoms with E-state index in [1.54, 1.807) is 0 Å². The summed E-state index contributed by atoms with van der Waals surface area (Å²) in [4.78, 5) is 0. The zero-order valence-electron chi connectivity index (χ0n) is 12.4. The minimum Gasteiger partial charge on any atom is -0.359 e. The maximum absolute atomic E-state index is 5.86. The van der Waals surface area contributed by atoms with Crippen LogP contribution in [-0.4, -0.2) is 14.9 Å². The lowest BCUT2D eigenvalue weighted by Crippen LogP contribution is -2.36. The van der Waals surface area contributed by atoms with Crippen LogP contribution >= 0.6 is 23.8 Å². The second kappa shape index (κ2) is 6.91. The van der Waals surface area contributed by atoms with Crippen LogP contribution in [0, 0.1) is 6.92 Å². The fourth-order valence-corrected chi connectivity index (χ4v) is 2.43. The molecule has 0 aliphatic rings. The normalized spacial score (nSPS) is 12.0. The molecule has 0 aliphatic carbocycles. The highest BCUT2D eigenvalue weighted by atomic mass is 35.5. The molecule has 2 aromatic rings. The first-order valence-corrected chi connectivity index (χ1v) is 7.53. The maximum atomic E-state index is 5.86. The van der Waals surface area contributed by atoms with Crippen molar-refractivity contribution in [3.8, 4) is 0 Å². The molecule has 0 saturated heterocycles. The molecule has 0 saturated carbocycles. The molecule has 1 aromatic heterocycles. The number of hydrogen-bond acceptors (Lipinski definition) is 2. The molecule has 6 heteroatoms. The molecule has 0 bridgehead atoms. The van der Waals surface area contributed by atoms with Crippen molar-refractivity contribution in [2.75, 3.05) is 0 Å². The number of hydrogen-bond donors (Lipinski definition) is 2. The van der Waals surface area contributed by atoms with Crippen LogP contribution < -0.4 is 10.6 Å². The molecule has 0 fully saturated rings. The summed E-state index contributed by atoms with van der Waals surface area (Å²) in [6, 6.07) is 7.82. The monoisotopic (exact) mass is 322 g/mol. The van der Waals surface area contributed by atoms with Crippen molar-refractivity contribution in [3.05, 3.63) is 52.3 Å². The van der Waals surface area contributed by atoms with Gasteiger partial charge >= 0.3 is 0 Å². The molecule has 2 N–H and O–H groups in total. The van der Waals surface area contributed by atoms with Crippen molar-refractivity contribution in [1.82, 2.24) is 20.4 Å². The summed E-state index contributed by atoms with van der Waals surface area (Å²) in [5.41, 5.74) is 3.41. The third-order valence-electron chi connectivity index (χ3n) is 3.45. The Morgan fingerprint density at radius 3 is 2.62 bits per heavy atom. The lowest BCUT2D eigenvalue weighted by molar-refractivity contribution is 0.684. The van der Waals surface area contributed by atoms with Crippen LogP contribution in [0.15, 0.2) is 30.5 Å². The van der Waals surface area contributed by atoms with Gasteiger partial charge in [0.1, 0.15) is 0 Å². The Morgan fingerprint density at radius 2 is 2.05 bits per heavy atom. The first kappa shape index (κ1) is 15.8. The highest BCUT2D eigenvalue weighted by Gasteiger charge is 2.12. The van der Waals surface area contributed by atoms with Gasteiger partial charge in [-0.05, 0) is 43.8 Å². The van der Waals surface area contributed by atoms with Gasteiger partial charge in [0.2, 0.25) is 0 Å². The first-order chi connectivity index (χ1) is 9.97. The Labute approximate surface area is 135 Å². The Morgan fingerprint density at radius 1 is 1.38 bits per heavy atom. The predicted octanol–water partition coefficient (Wildman–Crippen LogP) is 3.11. The van der Waals surface area contributed by atoms with E-state index in [0.717, 1.165) is 21.8 Å². The number of nitrogens with zero attached hydrogens (tertiary/aromatic N) is 2. The standard InChI is InChI=1S/C15H19ClN4S/c1-10(14-9-18-20(3)11(14)2)19-15(21)17-8-12-4-6-13(16)7-5-12/h4-7,9-10H,8H2,1-3H3,(H2,17,19,21). The third-order valence-corrected chi connectivity index (χ3v) is 3.97. The van der Waals surface area contributed by atoms with E-state index in [2.05, 4.69) is 22.7 Å². The van der Waals surface area contributed by atoms with Gasteiger partial charge in [-0.2, -0.15) is 5.10 Å². The minimum absolute atomic E-state index is 0.115. The quantitative estimate of drug-likeness (QED) is 0.849. The van der Waals surface area contributed by atoms with E-state index >= 15 is 0 Å². The molecule has 4 nitrogen and oxygen atoms in total. The van der Waals surface area contributed by atoms with E-state index in [1.807, 2.05) is 49.1 Å². The number of halogens is 1. The van der Waals surface area contributed by atoms with Gasteiger partial charge in [0.25, 0.3) is 0 Å². The number of nitrogens with one attached hydrogen (secondary N) is 2. The van der Waals surface area contributed by atoms with E-state index in [0.29, 0.717) is 11.7 Å². The van der Waals surface area contributed by atoms with Crippen LogP contribution in [0.25, 0.3) is 0 Å². The van der Waals surface area contributed by atoms with Gasteiger partial charge in [-0.1, -0.05) is 23.7 Å². The first-order valence-electron chi connectivity index (χ1n) is 6.74. The van der Waals surface area contributed by atoms with Crippen LogP contribution in [-0.2, 0) is 13.6 Å². The second-order valence-electron chi connectivity index (χ2n) is 4.98. The SMILES string of the molecule is Cc1c(C(C)NC(=S)NCc2ccc(Cl)cc2)cnn1C. The van der Waals surface area contributed by atoms with Gasteiger partial charge in [0, 0.05) is 29.9 Å². The molecule has 21 heavy (non-hydrogen) atoms. The highest BCUT2D eigenvalue weighted by molar-refractivity contribution is 7.80. The van der Waals surface area contributed by atoms with E-state index in [9.17, 15) is 0 Å². The molecular weight excluding hydrogens is 304 g/mol. The van der Waals surface area contributed by atoms with Crippen LogP contribution in [0.1, 0.15) is 29.8 Å². The van der Waals surface area contributed by atoms with Gasteiger partial charge in [-0.25, -0.2) is 0 Å². The summed E-state index contributed by atoms with van der Waals surface area (Å²) < 4.78 is 1.86. The van der Waals surface area contributed by atoms with Crippen LogP contribution in [0.3, 0.4) is 0 Å². The Kier molecular flexibility index (Phi) is 5.20. The van der Waals surface area contributed by atoms with Crippen molar-refractivity contribution < 1.29 is 0 Å². The number of benzene rings is 1. The highest BCUT2D eigenvalue weighted by Crippen LogP contribution is 2.15. The maximum Gasteiger partial charge on any atom is 0.167 e. The lowest BCUT2D eigenvalue weighted by Gasteiger charge is -2.17. The Bertz CT molecular complexity index is 621. The molecule has 0 spiro atoms. The van der Waals surface area contributed by atoms with E-state index in [4.69, 9.17) is 23.8 Å². The average Bonchev–Trinajstić information content (AvgIpc) is 2.78. The van der Waals surface area contributed by atoms with E-state index in [1.165, 1.54) is 0 Å². The average molecular weight is 323 g/mol. The smallest absolute Gasteiger partial charge is 0.167 e. The number of rotatable bonds is 4. The summed E-state index contributed by atoms with van der Waals surface area (Å²) in [5.74, 6) is 0. The Hall–Kier alpha value is -1.59. The van der Waals surface area contributed by atoms with Crippen LogP contribution in [0.4, 0.5) is 0 Å². The number of aryl methyl sites for hydroxylation is 1. The summed E-state index contributed by atoms with van der Waals surface area (Å²) in [6.07, 6.45) is 1.87. The van der Waals surface area contributed by atoms with Gasteiger partial charge in [0.05, 0.1) is 12.2 Å². The summed E-state index contributed by atoms with van der Waals surface area (Å²) in [7, 11) is 1.93. The topological polar surface area (TPSA) is 41.9 Å². The van der Waals surface area contributed by atoms with Crippen molar-refractivity contribution in [3.63, 3.8) is 0 Å². The molecule has 0 aliphatic heterocycles. The Balaban J connectivity index is 1.87. The summed E-state index contributed by atoms with van der Waals surface area (Å²) in [5, 5.41) is 12.1. The van der Waals surface area contributed by atoms with Crippen LogP contribution in [0.2, 0.25) is 5.02 Å². The number of thiocarbonyl (C=S) groups is 1. The molecule has 112 valence electrons. The molecule has 1 aromatic carbocycles. The van der Waals surface area contributed by atoms with Crippen LogP contribution in [0.5, 0.6) is 0 Å². The summed E-state index contributed by atoms with van der Waals surface area (Å²) in [6.45, 7) is 4.78. The molecule has 1 atom stereocenters. The van der Waals surface area contributed by atoms with Crippen molar-refractivity contribution in [1.29, 1.82) is 0 Å². The lowest BCUT2D eigenvalue weighted by atomic mass is 10.1. The fourth-order valence-electron chi connectivity index (χ4n) is 2.05. The van der Waals surface area contributed by atoms with E-state index in [-0.39, 0.29) is 6.04 Å². The number of aromatic nitrogens is 2. The summed E-state index contributed by atoms with van der Waals surface area (Å²) >= 11 is 11.2. The zero-order chi connectivity index (χ0) is 15.4. The zero-order valence-corrected chi connectivity index (χ0v) is 13.9. The van der Waals surface area contributed by atoms with Gasteiger partial charge < -0.3 is 10.6 Å². The molecule has 1 unspecified atom stereocenters. The molecule has 1 heterocycles. The van der Waals surface area contributed by atoms with Gasteiger partial charge in [-0.15, -0.1) is 0 Å².